The monoisotopic (exact) mass is 734 g/mol. The van der Waals surface area contributed by atoms with Gasteiger partial charge in [0.2, 0.25) is 0 Å². The van der Waals surface area contributed by atoms with Gasteiger partial charge in [0.05, 0.1) is 17.2 Å². The van der Waals surface area contributed by atoms with Crippen LogP contribution in [0.3, 0.4) is 0 Å². The van der Waals surface area contributed by atoms with E-state index >= 15 is 0 Å². The molecular formula is C54H42N2O. The number of hydrogen-bond donors (Lipinski definition) is 0. The first-order valence-corrected chi connectivity index (χ1v) is 20.7. The van der Waals surface area contributed by atoms with E-state index in [4.69, 9.17) is 4.42 Å². The number of hydrogen-bond acceptors (Lipinski definition) is 2. The van der Waals surface area contributed by atoms with Crippen molar-refractivity contribution in [3.05, 3.63) is 198 Å². The van der Waals surface area contributed by atoms with Gasteiger partial charge in [0, 0.05) is 44.7 Å². The van der Waals surface area contributed by atoms with E-state index in [0.29, 0.717) is 5.92 Å². The average Bonchev–Trinajstić information content (AvgIpc) is 3.94. The SMILES string of the molecule is C1=CC(c2cc(-c3ccccc3)cc(-n3c4c(c5cc(C6=CC7C8=C(C=CCC8)N(c8cccc9c8oc8ccccc89)C7C=C6)ccc53)C=CCC4)c2)=CCC1. The molecule has 0 spiro atoms. The summed E-state index contributed by atoms with van der Waals surface area (Å²) in [4.78, 5) is 2.55. The van der Waals surface area contributed by atoms with Crippen LogP contribution in [0.5, 0.6) is 0 Å². The number of nitrogens with zero attached hydrogens (tertiary/aromatic N) is 2. The van der Waals surface area contributed by atoms with Crippen molar-refractivity contribution in [2.75, 3.05) is 4.90 Å². The molecule has 0 saturated heterocycles. The highest BCUT2D eigenvalue weighted by atomic mass is 16.3. The summed E-state index contributed by atoms with van der Waals surface area (Å²) in [6.45, 7) is 0. The molecule has 0 bridgehead atoms. The molecule has 3 heterocycles. The van der Waals surface area contributed by atoms with Gasteiger partial charge in [-0.05, 0) is 126 Å². The molecule has 0 N–H and O–H groups in total. The molecule has 0 radical (unpaired) electrons. The summed E-state index contributed by atoms with van der Waals surface area (Å²) in [6, 6.07) is 40.4. The Morgan fingerprint density at radius 1 is 0.579 bits per heavy atom. The standard InChI is InChI=1S/C54H42N2O/c1-3-14-35(15-4-1)39-30-40(36-16-5-2-6-17-36)32-41(31-39)55-48-22-10-7-18-42(48)46-33-37(26-28-50(46)55)38-27-29-51-47(34-38)43-19-8-11-23-49(43)56(51)52-24-13-21-45-44-20-9-12-25-53(44)57-54(45)52/h1,3-5,7,9,11-18,20-21,23-34,47,51H,2,6,8,10,19,22H2. The van der Waals surface area contributed by atoms with Crippen LogP contribution >= 0.6 is 0 Å². The maximum absolute atomic E-state index is 6.59. The lowest BCUT2D eigenvalue weighted by atomic mass is 9.83. The Balaban J connectivity index is 0.967. The molecule has 4 aliphatic carbocycles. The smallest absolute Gasteiger partial charge is 0.159 e. The van der Waals surface area contributed by atoms with Crippen molar-refractivity contribution >= 4 is 55.8 Å². The van der Waals surface area contributed by atoms with E-state index in [9.17, 15) is 0 Å². The molecule has 12 rings (SSSR count). The summed E-state index contributed by atoms with van der Waals surface area (Å²) in [7, 11) is 0. The number of aromatic nitrogens is 1. The summed E-state index contributed by atoms with van der Waals surface area (Å²) < 4.78 is 9.15. The van der Waals surface area contributed by atoms with Crippen molar-refractivity contribution in [2.45, 2.75) is 44.6 Å². The van der Waals surface area contributed by atoms with Gasteiger partial charge in [-0.15, -0.1) is 0 Å². The van der Waals surface area contributed by atoms with Crippen molar-refractivity contribution in [3.8, 4) is 16.8 Å². The number of anilines is 1. The van der Waals surface area contributed by atoms with Gasteiger partial charge in [-0.2, -0.15) is 0 Å². The van der Waals surface area contributed by atoms with Crippen LogP contribution in [0.2, 0.25) is 0 Å². The molecule has 5 aliphatic rings. The van der Waals surface area contributed by atoms with Crippen LogP contribution in [-0.2, 0) is 6.42 Å². The molecular weight excluding hydrogens is 693 g/mol. The molecule has 0 saturated carbocycles. The molecule has 2 atom stereocenters. The van der Waals surface area contributed by atoms with E-state index < -0.39 is 0 Å². The first-order valence-electron chi connectivity index (χ1n) is 20.7. The van der Waals surface area contributed by atoms with E-state index in [0.717, 1.165) is 55.4 Å². The van der Waals surface area contributed by atoms with Gasteiger partial charge in [0.25, 0.3) is 0 Å². The second-order valence-electron chi connectivity index (χ2n) is 16.1. The fraction of sp³-hybridized carbons (Fsp3) is 0.148. The second-order valence-corrected chi connectivity index (χ2v) is 16.1. The van der Waals surface area contributed by atoms with Gasteiger partial charge >= 0.3 is 0 Å². The molecule has 7 aromatic rings. The Morgan fingerprint density at radius 2 is 1.42 bits per heavy atom. The first-order chi connectivity index (χ1) is 28.3. The highest BCUT2D eigenvalue weighted by molar-refractivity contribution is 6.09. The average molecular weight is 735 g/mol. The minimum Gasteiger partial charge on any atom is -0.454 e. The van der Waals surface area contributed by atoms with E-state index in [-0.39, 0.29) is 6.04 Å². The van der Waals surface area contributed by atoms with E-state index in [1.54, 1.807) is 0 Å². The lowest BCUT2D eigenvalue weighted by Crippen LogP contribution is -2.33. The molecule has 0 fully saturated rings. The fourth-order valence-electron chi connectivity index (χ4n) is 10.3. The van der Waals surface area contributed by atoms with Gasteiger partial charge in [-0.25, -0.2) is 0 Å². The number of rotatable bonds is 5. The zero-order valence-corrected chi connectivity index (χ0v) is 31.9. The molecule has 2 aromatic heterocycles. The lowest BCUT2D eigenvalue weighted by molar-refractivity contribution is 0.646. The van der Waals surface area contributed by atoms with E-state index in [1.807, 2.05) is 0 Å². The van der Waals surface area contributed by atoms with Crippen LogP contribution in [0.15, 0.2) is 180 Å². The van der Waals surface area contributed by atoms with Crippen molar-refractivity contribution < 1.29 is 4.42 Å². The number of allylic oxidation sites excluding steroid dienone is 9. The van der Waals surface area contributed by atoms with Crippen LogP contribution < -0.4 is 4.90 Å². The van der Waals surface area contributed by atoms with Crippen molar-refractivity contribution in [1.29, 1.82) is 0 Å². The van der Waals surface area contributed by atoms with Crippen molar-refractivity contribution in [3.63, 3.8) is 0 Å². The highest BCUT2D eigenvalue weighted by Gasteiger charge is 2.41. The Kier molecular flexibility index (Phi) is 7.44. The quantitative estimate of drug-likeness (QED) is 0.176. The minimum absolute atomic E-state index is 0.195. The van der Waals surface area contributed by atoms with Crippen molar-refractivity contribution in [2.24, 2.45) is 5.92 Å². The third-order valence-corrected chi connectivity index (χ3v) is 12.9. The molecule has 3 heteroatoms. The normalized spacial score (nSPS) is 19.7. The van der Waals surface area contributed by atoms with Gasteiger partial charge in [0.15, 0.2) is 5.58 Å². The molecule has 57 heavy (non-hydrogen) atoms. The van der Waals surface area contributed by atoms with Gasteiger partial charge in [-0.1, -0.05) is 121 Å². The highest BCUT2D eigenvalue weighted by Crippen LogP contribution is 2.49. The number of para-hydroxylation sites is 2. The van der Waals surface area contributed by atoms with Crippen LogP contribution in [0.25, 0.3) is 66.9 Å². The maximum Gasteiger partial charge on any atom is 0.159 e. The summed E-state index contributed by atoms with van der Waals surface area (Å²) in [5.74, 6) is 0.293. The third kappa shape index (κ3) is 5.18. The molecule has 274 valence electrons. The summed E-state index contributed by atoms with van der Waals surface area (Å²) >= 11 is 0. The Labute approximate surface area is 333 Å². The third-order valence-electron chi connectivity index (χ3n) is 12.9. The predicted molar refractivity (Wildman–Crippen MR) is 238 cm³/mol. The number of fused-ring (bicyclic) bond motifs is 8. The molecule has 0 amide bonds. The summed E-state index contributed by atoms with van der Waals surface area (Å²) in [6.07, 6.45) is 30.2. The summed E-state index contributed by atoms with van der Waals surface area (Å²) in [5.41, 5.74) is 18.8. The molecule has 1 aliphatic heterocycles. The molecule has 2 unspecified atom stereocenters. The Bertz CT molecular complexity index is 3030. The van der Waals surface area contributed by atoms with Crippen molar-refractivity contribution in [1.82, 2.24) is 4.57 Å². The van der Waals surface area contributed by atoms with Crippen LogP contribution in [0.1, 0.15) is 54.5 Å². The minimum atomic E-state index is 0.195. The predicted octanol–water partition coefficient (Wildman–Crippen LogP) is 14.0. The van der Waals surface area contributed by atoms with Crippen LogP contribution in [0.4, 0.5) is 5.69 Å². The van der Waals surface area contributed by atoms with E-state index in [2.05, 4.69) is 179 Å². The molecule has 3 nitrogen and oxygen atoms in total. The zero-order valence-electron chi connectivity index (χ0n) is 31.9. The fourth-order valence-corrected chi connectivity index (χ4v) is 10.3. The first kappa shape index (κ1) is 32.6. The van der Waals surface area contributed by atoms with Gasteiger partial charge < -0.3 is 13.9 Å². The van der Waals surface area contributed by atoms with Crippen LogP contribution in [0, 0.1) is 5.92 Å². The second kappa shape index (κ2) is 13.0. The number of benzene rings is 5. The Morgan fingerprint density at radius 3 is 2.35 bits per heavy atom. The lowest BCUT2D eigenvalue weighted by Gasteiger charge is -2.31. The van der Waals surface area contributed by atoms with Gasteiger partial charge in [0.1, 0.15) is 5.58 Å². The zero-order chi connectivity index (χ0) is 37.5. The Hall–Kier alpha value is -6.58. The largest absolute Gasteiger partial charge is 0.454 e. The van der Waals surface area contributed by atoms with E-state index in [1.165, 1.54) is 83.3 Å². The maximum atomic E-state index is 6.59. The van der Waals surface area contributed by atoms with Crippen LogP contribution in [-0.4, -0.2) is 10.6 Å². The summed E-state index contributed by atoms with van der Waals surface area (Å²) in [5, 5.41) is 3.67. The number of furan rings is 1. The van der Waals surface area contributed by atoms with Gasteiger partial charge in [-0.3, -0.25) is 0 Å². The topological polar surface area (TPSA) is 21.3 Å². The molecule has 5 aromatic carbocycles.